The Kier molecular flexibility index (Phi) is 4.00. The van der Waals surface area contributed by atoms with E-state index in [-0.39, 0.29) is 6.54 Å². The molecule has 0 aliphatic carbocycles. The molecule has 0 aromatic carbocycles. The number of ether oxygens (including phenoxy) is 1. The second-order valence-electron chi connectivity index (χ2n) is 4.18. The molecule has 2 saturated heterocycles. The van der Waals surface area contributed by atoms with E-state index in [2.05, 4.69) is 5.32 Å². The lowest BCUT2D eigenvalue weighted by atomic mass is 10.2. The van der Waals surface area contributed by atoms with Crippen LogP contribution in [0.25, 0.3) is 0 Å². The third kappa shape index (κ3) is 2.87. The second-order valence-corrected chi connectivity index (χ2v) is 4.61. The largest absolute Gasteiger partial charge is 0.429 e. The number of hydrogen-bond acceptors (Lipinski definition) is 4. The van der Waals surface area contributed by atoms with Gasteiger partial charge in [0.2, 0.25) is 6.23 Å². The first-order chi connectivity index (χ1) is 8.39. The van der Waals surface area contributed by atoms with Gasteiger partial charge in [-0.2, -0.15) is 17.6 Å². The van der Waals surface area contributed by atoms with Crippen molar-refractivity contribution in [1.29, 1.82) is 0 Å². The Hall–Kier alpha value is -0.570. The minimum absolute atomic E-state index is 0.255. The fourth-order valence-corrected chi connectivity index (χ4v) is 2.26. The number of nitrogens with one attached hydrogen (secondary N) is 1. The van der Waals surface area contributed by atoms with Crippen molar-refractivity contribution >= 4 is 17.7 Å². The third-order valence-electron chi connectivity index (χ3n) is 2.87. The maximum absolute atomic E-state index is 12.5. The van der Waals surface area contributed by atoms with Crippen LogP contribution in [0.1, 0.15) is 0 Å². The molecule has 1 amide bonds. The fraction of sp³-hybridized carbons (Fsp3) is 0.889. The highest BCUT2D eigenvalue weighted by Crippen LogP contribution is 2.32. The van der Waals surface area contributed by atoms with Gasteiger partial charge in [-0.15, -0.1) is 0 Å². The molecule has 0 unspecified atom stereocenters. The van der Waals surface area contributed by atoms with Crippen LogP contribution in [0.2, 0.25) is 0 Å². The van der Waals surface area contributed by atoms with E-state index in [0.717, 1.165) is 0 Å². The molecule has 9 heteroatoms. The lowest BCUT2D eigenvalue weighted by Gasteiger charge is -2.29. The van der Waals surface area contributed by atoms with Gasteiger partial charge in [0.15, 0.2) is 6.10 Å². The molecule has 0 bridgehead atoms. The van der Waals surface area contributed by atoms with Crippen molar-refractivity contribution in [3.63, 3.8) is 0 Å². The summed E-state index contributed by atoms with van der Waals surface area (Å²) >= 11 is 5.45. The summed E-state index contributed by atoms with van der Waals surface area (Å²) in [6, 6.07) is 0. The lowest BCUT2D eigenvalue weighted by Crippen LogP contribution is -2.50. The molecule has 5 nitrogen and oxygen atoms in total. The number of carbonyl (C=O) groups excluding carboxylic acids is 1. The zero-order chi connectivity index (χ0) is 13.3. The van der Waals surface area contributed by atoms with E-state index in [0.29, 0.717) is 30.6 Å². The van der Waals surface area contributed by atoms with Crippen molar-refractivity contribution in [2.75, 3.05) is 32.7 Å². The van der Waals surface area contributed by atoms with Gasteiger partial charge in [-0.1, -0.05) is 0 Å². The first kappa shape index (κ1) is 13.9. The monoisotopic (exact) mass is 287 g/mol. The number of amides is 1. The molecule has 0 aromatic rings. The van der Waals surface area contributed by atoms with Crippen molar-refractivity contribution in [2.45, 2.75) is 18.5 Å². The fourth-order valence-electron chi connectivity index (χ4n) is 1.98. The van der Waals surface area contributed by atoms with E-state index in [1.54, 1.807) is 0 Å². The van der Waals surface area contributed by atoms with E-state index in [4.69, 9.17) is 16.5 Å². The van der Waals surface area contributed by atoms with Crippen LogP contribution < -0.4 is 5.32 Å². The molecule has 1 N–H and O–H groups in total. The Bertz CT molecular complexity index is 323. The molecule has 2 rings (SSSR count). The topological polar surface area (TPSA) is 44.8 Å². The van der Waals surface area contributed by atoms with E-state index < -0.39 is 24.4 Å². The SMILES string of the molecule is O=C([C@@H]1CN(Cl)[C@@H](C(F)(F)F)O1)N1CCNCC1. The van der Waals surface area contributed by atoms with Crippen molar-refractivity contribution in [3.8, 4) is 0 Å². The molecule has 2 heterocycles. The van der Waals surface area contributed by atoms with Gasteiger partial charge in [0.05, 0.1) is 6.54 Å². The maximum Gasteiger partial charge on any atom is 0.429 e. The molecule has 0 saturated carbocycles. The Morgan fingerprint density at radius 1 is 1.33 bits per heavy atom. The summed E-state index contributed by atoms with van der Waals surface area (Å²) in [5.41, 5.74) is 0. The van der Waals surface area contributed by atoms with E-state index >= 15 is 0 Å². The summed E-state index contributed by atoms with van der Waals surface area (Å²) in [6.45, 7) is 1.95. The molecule has 0 aromatic heterocycles. The Balaban J connectivity index is 1.96. The van der Waals surface area contributed by atoms with Gasteiger partial charge in [-0.25, -0.2) is 0 Å². The summed E-state index contributed by atoms with van der Waals surface area (Å²) in [7, 11) is 0. The summed E-state index contributed by atoms with van der Waals surface area (Å²) in [4.78, 5) is 13.4. The number of halogens is 4. The number of rotatable bonds is 1. The predicted octanol–water partition coefficient (Wildman–Crippen LogP) is 0.161. The zero-order valence-electron chi connectivity index (χ0n) is 9.41. The van der Waals surface area contributed by atoms with Crippen LogP contribution in [0.4, 0.5) is 13.2 Å². The van der Waals surface area contributed by atoms with Crippen LogP contribution in [-0.2, 0) is 9.53 Å². The van der Waals surface area contributed by atoms with Gasteiger partial charge in [-0.05, 0) is 11.8 Å². The minimum Gasteiger partial charge on any atom is -0.338 e. The Morgan fingerprint density at radius 2 is 1.94 bits per heavy atom. The number of nitrogens with zero attached hydrogens (tertiary/aromatic N) is 2. The van der Waals surface area contributed by atoms with Crippen molar-refractivity contribution < 1.29 is 22.7 Å². The average molecular weight is 288 g/mol. The van der Waals surface area contributed by atoms with Crippen LogP contribution in [0.5, 0.6) is 0 Å². The van der Waals surface area contributed by atoms with Crippen molar-refractivity contribution in [2.24, 2.45) is 0 Å². The normalized spacial score (nSPS) is 30.8. The molecule has 2 aliphatic heterocycles. The summed E-state index contributed by atoms with van der Waals surface area (Å²) in [5, 5.41) is 3.05. The van der Waals surface area contributed by atoms with Gasteiger partial charge in [-0.3, -0.25) is 4.79 Å². The van der Waals surface area contributed by atoms with Crippen LogP contribution in [-0.4, -0.2) is 66.5 Å². The average Bonchev–Trinajstić information content (AvgIpc) is 2.71. The molecular formula is C9H13ClF3N3O2. The molecule has 2 aliphatic rings. The molecule has 104 valence electrons. The lowest BCUT2D eigenvalue weighted by molar-refractivity contribution is -0.235. The minimum atomic E-state index is -4.60. The second kappa shape index (κ2) is 5.20. The van der Waals surface area contributed by atoms with E-state index in [1.807, 2.05) is 0 Å². The van der Waals surface area contributed by atoms with Crippen LogP contribution >= 0.6 is 11.8 Å². The standard InChI is InChI=1S/C9H13ClF3N3O2/c10-16-5-6(18-8(16)9(11,12)13)7(17)15-3-1-14-2-4-15/h6,8,14H,1-5H2/t6-,8+/m0/s1. The predicted molar refractivity (Wildman–Crippen MR) is 56.7 cm³/mol. The van der Waals surface area contributed by atoms with E-state index in [9.17, 15) is 18.0 Å². The molecule has 2 atom stereocenters. The summed E-state index contributed by atoms with van der Waals surface area (Å²) in [5.74, 6) is -0.436. The third-order valence-corrected chi connectivity index (χ3v) is 3.19. The zero-order valence-corrected chi connectivity index (χ0v) is 10.2. The van der Waals surface area contributed by atoms with Crippen LogP contribution in [0, 0.1) is 0 Å². The summed E-state index contributed by atoms with van der Waals surface area (Å²) < 4.78 is 42.7. The number of piperazine rings is 1. The number of hydrogen-bond donors (Lipinski definition) is 1. The van der Waals surface area contributed by atoms with Gasteiger partial charge >= 0.3 is 6.18 Å². The Labute approximate surface area is 107 Å². The Morgan fingerprint density at radius 3 is 2.44 bits per heavy atom. The maximum atomic E-state index is 12.5. The van der Waals surface area contributed by atoms with Gasteiger partial charge in [0.1, 0.15) is 0 Å². The van der Waals surface area contributed by atoms with Crippen LogP contribution in [0.3, 0.4) is 0 Å². The molecule has 18 heavy (non-hydrogen) atoms. The molecule has 0 radical (unpaired) electrons. The van der Waals surface area contributed by atoms with E-state index in [1.165, 1.54) is 4.90 Å². The van der Waals surface area contributed by atoms with Gasteiger partial charge in [0.25, 0.3) is 5.91 Å². The van der Waals surface area contributed by atoms with Crippen molar-refractivity contribution in [1.82, 2.24) is 14.6 Å². The summed E-state index contributed by atoms with van der Waals surface area (Å²) in [6.07, 6.45) is -7.96. The van der Waals surface area contributed by atoms with Gasteiger partial charge < -0.3 is 15.0 Å². The van der Waals surface area contributed by atoms with Gasteiger partial charge in [0, 0.05) is 26.2 Å². The quantitative estimate of drug-likeness (QED) is 0.698. The number of carbonyl (C=O) groups is 1. The number of alkyl halides is 3. The highest BCUT2D eigenvalue weighted by molar-refractivity contribution is 6.13. The molecule has 2 fully saturated rings. The first-order valence-electron chi connectivity index (χ1n) is 5.53. The first-order valence-corrected chi connectivity index (χ1v) is 5.87. The van der Waals surface area contributed by atoms with Crippen molar-refractivity contribution in [3.05, 3.63) is 0 Å². The smallest absolute Gasteiger partial charge is 0.338 e. The highest BCUT2D eigenvalue weighted by Gasteiger charge is 2.52. The van der Waals surface area contributed by atoms with Crippen LogP contribution in [0.15, 0.2) is 0 Å². The molecular weight excluding hydrogens is 275 g/mol. The highest BCUT2D eigenvalue weighted by atomic mass is 35.5. The molecule has 0 spiro atoms.